The molecule has 0 aromatic heterocycles. The van der Waals surface area contributed by atoms with E-state index in [0.29, 0.717) is 24.0 Å². The fourth-order valence-electron chi connectivity index (χ4n) is 3.19. The first-order chi connectivity index (χ1) is 11.8. The third-order valence-electron chi connectivity index (χ3n) is 4.89. The Morgan fingerprint density at radius 2 is 1.96 bits per heavy atom. The minimum atomic E-state index is -0.940. The normalized spacial score (nSPS) is 17.8. The van der Waals surface area contributed by atoms with E-state index in [-0.39, 0.29) is 23.1 Å². The molecule has 1 heterocycles. The van der Waals surface area contributed by atoms with Crippen LogP contribution < -0.4 is 10.6 Å². The second-order valence-corrected chi connectivity index (χ2v) is 10.3. The third kappa shape index (κ3) is 7.37. The van der Waals surface area contributed by atoms with Crippen LogP contribution in [0.1, 0.15) is 52.5 Å². The summed E-state index contributed by atoms with van der Waals surface area (Å²) in [4.78, 5) is 12.4. The van der Waals surface area contributed by atoms with Crippen molar-refractivity contribution in [1.82, 2.24) is 5.32 Å². The minimum Gasteiger partial charge on any atom is -0.326 e. The molecule has 2 unspecified atom stereocenters. The number of rotatable bonds is 6. The largest absolute Gasteiger partial charge is 0.326 e. The maximum atomic E-state index is 12.4. The number of carbonyl (C=O) groups excluding carboxylic acids is 1. The summed E-state index contributed by atoms with van der Waals surface area (Å²) in [7, 11) is -0.940. The number of anilines is 1. The highest BCUT2D eigenvalue weighted by atomic mass is 35.5. The van der Waals surface area contributed by atoms with E-state index in [0.717, 1.165) is 37.2 Å². The van der Waals surface area contributed by atoms with E-state index in [2.05, 4.69) is 17.6 Å². The first-order valence-corrected chi connectivity index (χ1v) is 10.6. The van der Waals surface area contributed by atoms with E-state index in [4.69, 9.17) is 0 Å². The van der Waals surface area contributed by atoms with Gasteiger partial charge in [-0.25, -0.2) is 0 Å². The second-order valence-electron chi connectivity index (χ2n) is 8.12. The van der Waals surface area contributed by atoms with Crippen LogP contribution in [0.4, 0.5) is 5.69 Å². The van der Waals surface area contributed by atoms with Gasteiger partial charge in [0.25, 0.3) is 0 Å². The number of halogens is 1. The lowest BCUT2D eigenvalue weighted by molar-refractivity contribution is -0.117. The molecule has 1 aliphatic rings. The zero-order valence-corrected chi connectivity index (χ0v) is 18.0. The Kier molecular flexibility index (Phi) is 9.28. The van der Waals surface area contributed by atoms with Gasteiger partial charge in [0, 0.05) is 33.4 Å². The van der Waals surface area contributed by atoms with E-state index in [9.17, 15) is 9.00 Å². The predicted molar refractivity (Wildman–Crippen MR) is 113 cm³/mol. The first-order valence-electron chi connectivity index (χ1n) is 9.23. The van der Waals surface area contributed by atoms with Crippen molar-refractivity contribution in [1.29, 1.82) is 0 Å². The Morgan fingerprint density at radius 1 is 1.31 bits per heavy atom. The van der Waals surface area contributed by atoms with Gasteiger partial charge in [-0.3, -0.25) is 9.00 Å². The molecule has 148 valence electrons. The number of benzene rings is 1. The standard InChI is InChI=1S/C20H32N2O2S.ClH/c1-15(17-8-10-21-11-9-17)12-19(23)22-18-7-5-6-16(13-18)14-25(24)20(2,3)4;/h5-7,13,15,17,21H,8-12,14H2,1-4H3,(H,22,23);1H. The van der Waals surface area contributed by atoms with Gasteiger partial charge in [0.2, 0.25) is 5.91 Å². The average molecular weight is 401 g/mol. The monoisotopic (exact) mass is 400 g/mol. The molecule has 1 aromatic carbocycles. The van der Waals surface area contributed by atoms with Crippen LogP contribution in [0.5, 0.6) is 0 Å². The van der Waals surface area contributed by atoms with E-state index in [1.165, 1.54) is 0 Å². The molecule has 26 heavy (non-hydrogen) atoms. The summed E-state index contributed by atoms with van der Waals surface area (Å²) < 4.78 is 12.1. The van der Waals surface area contributed by atoms with Gasteiger partial charge in [-0.1, -0.05) is 19.1 Å². The Balaban J connectivity index is 0.00000338. The van der Waals surface area contributed by atoms with Crippen molar-refractivity contribution in [3.05, 3.63) is 29.8 Å². The smallest absolute Gasteiger partial charge is 0.224 e. The Bertz CT molecular complexity index is 610. The molecule has 0 aliphatic carbocycles. The SMILES string of the molecule is CC(CC(=O)Nc1cccc(CS(=O)C(C)(C)C)c1)C1CCNCC1.Cl. The van der Waals surface area contributed by atoms with Gasteiger partial charge < -0.3 is 10.6 Å². The molecular weight excluding hydrogens is 368 g/mol. The molecule has 0 bridgehead atoms. The van der Waals surface area contributed by atoms with Gasteiger partial charge in [0.15, 0.2) is 0 Å². The number of nitrogens with one attached hydrogen (secondary N) is 2. The zero-order chi connectivity index (χ0) is 18.4. The Labute approximate surface area is 166 Å². The lowest BCUT2D eigenvalue weighted by Crippen LogP contribution is -2.32. The molecule has 2 atom stereocenters. The van der Waals surface area contributed by atoms with Crippen LogP contribution in [-0.4, -0.2) is 28.0 Å². The lowest BCUT2D eigenvalue weighted by atomic mass is 9.84. The highest BCUT2D eigenvalue weighted by Crippen LogP contribution is 2.25. The van der Waals surface area contributed by atoms with Crippen molar-refractivity contribution in [2.24, 2.45) is 11.8 Å². The van der Waals surface area contributed by atoms with E-state index in [1.54, 1.807) is 0 Å². The summed E-state index contributed by atoms with van der Waals surface area (Å²) in [6.45, 7) is 10.2. The molecule has 1 aliphatic heterocycles. The summed E-state index contributed by atoms with van der Waals surface area (Å²) >= 11 is 0. The van der Waals surface area contributed by atoms with Gasteiger partial charge in [-0.15, -0.1) is 12.4 Å². The van der Waals surface area contributed by atoms with Crippen LogP contribution in [0.15, 0.2) is 24.3 Å². The third-order valence-corrected chi connectivity index (χ3v) is 6.85. The molecule has 0 radical (unpaired) electrons. The molecule has 1 saturated heterocycles. The summed E-state index contributed by atoms with van der Waals surface area (Å²) in [5, 5.41) is 6.38. The molecule has 6 heteroatoms. The van der Waals surface area contributed by atoms with Crippen LogP contribution >= 0.6 is 12.4 Å². The Hall–Kier alpha value is -0.910. The predicted octanol–water partition coefficient (Wildman–Crippen LogP) is 4.12. The van der Waals surface area contributed by atoms with E-state index < -0.39 is 10.8 Å². The summed E-state index contributed by atoms with van der Waals surface area (Å²) in [6, 6.07) is 7.73. The molecule has 4 nitrogen and oxygen atoms in total. The second kappa shape index (κ2) is 10.4. The van der Waals surface area contributed by atoms with Crippen LogP contribution in [-0.2, 0) is 21.3 Å². The van der Waals surface area contributed by atoms with Crippen molar-refractivity contribution in [2.45, 2.75) is 57.5 Å². The first kappa shape index (κ1) is 23.1. The number of amides is 1. The van der Waals surface area contributed by atoms with Crippen molar-refractivity contribution >= 4 is 34.8 Å². The minimum absolute atomic E-state index is 0. The molecular formula is C20H33ClN2O2S. The molecule has 0 spiro atoms. The van der Waals surface area contributed by atoms with Crippen LogP contribution in [0.2, 0.25) is 0 Å². The van der Waals surface area contributed by atoms with Gasteiger partial charge in [0.05, 0.1) is 0 Å². The van der Waals surface area contributed by atoms with Gasteiger partial charge in [-0.05, 0) is 76.2 Å². The fourth-order valence-corrected chi connectivity index (χ4v) is 4.11. The highest BCUT2D eigenvalue weighted by Gasteiger charge is 2.22. The molecule has 1 amide bonds. The van der Waals surface area contributed by atoms with Gasteiger partial charge in [-0.2, -0.15) is 0 Å². The maximum Gasteiger partial charge on any atom is 0.224 e. The summed E-state index contributed by atoms with van der Waals surface area (Å²) in [6.07, 6.45) is 2.87. The number of hydrogen-bond acceptors (Lipinski definition) is 3. The highest BCUT2D eigenvalue weighted by molar-refractivity contribution is 7.85. The van der Waals surface area contributed by atoms with Crippen molar-refractivity contribution < 1.29 is 9.00 Å². The van der Waals surface area contributed by atoms with Crippen LogP contribution in [0.25, 0.3) is 0 Å². The van der Waals surface area contributed by atoms with Gasteiger partial charge >= 0.3 is 0 Å². The molecule has 0 saturated carbocycles. The van der Waals surface area contributed by atoms with Gasteiger partial charge in [0.1, 0.15) is 0 Å². The lowest BCUT2D eigenvalue weighted by Gasteiger charge is -2.27. The van der Waals surface area contributed by atoms with Crippen LogP contribution in [0.3, 0.4) is 0 Å². The van der Waals surface area contributed by atoms with E-state index >= 15 is 0 Å². The average Bonchev–Trinajstić information content (AvgIpc) is 2.55. The molecule has 1 aromatic rings. The van der Waals surface area contributed by atoms with Crippen molar-refractivity contribution in [3.8, 4) is 0 Å². The zero-order valence-electron chi connectivity index (χ0n) is 16.3. The molecule has 2 N–H and O–H groups in total. The summed E-state index contributed by atoms with van der Waals surface area (Å²) in [5.41, 5.74) is 1.79. The number of piperidine rings is 1. The van der Waals surface area contributed by atoms with Crippen molar-refractivity contribution in [2.75, 3.05) is 18.4 Å². The quantitative estimate of drug-likeness (QED) is 0.755. The summed E-state index contributed by atoms with van der Waals surface area (Å²) in [5.74, 6) is 1.62. The number of hydrogen-bond donors (Lipinski definition) is 2. The van der Waals surface area contributed by atoms with Crippen molar-refractivity contribution in [3.63, 3.8) is 0 Å². The number of carbonyl (C=O) groups is 1. The topological polar surface area (TPSA) is 58.2 Å². The molecule has 2 rings (SSSR count). The van der Waals surface area contributed by atoms with E-state index in [1.807, 2.05) is 45.0 Å². The van der Waals surface area contributed by atoms with Crippen LogP contribution in [0, 0.1) is 11.8 Å². The fraction of sp³-hybridized carbons (Fsp3) is 0.650. The Morgan fingerprint density at radius 3 is 2.58 bits per heavy atom. The maximum absolute atomic E-state index is 12.4. The molecule has 1 fully saturated rings.